The van der Waals surface area contributed by atoms with E-state index in [2.05, 4.69) is 4.72 Å². The molecule has 0 bridgehead atoms. The summed E-state index contributed by atoms with van der Waals surface area (Å²) in [6.07, 6.45) is 0. The van der Waals surface area contributed by atoms with Gasteiger partial charge in [-0.15, -0.1) is 0 Å². The summed E-state index contributed by atoms with van der Waals surface area (Å²) in [7, 11) is -3.64. The van der Waals surface area contributed by atoms with Crippen molar-refractivity contribution in [3.63, 3.8) is 0 Å². The van der Waals surface area contributed by atoms with Crippen LogP contribution in [0.1, 0.15) is 5.56 Å². The molecule has 0 amide bonds. The number of nitrogens with two attached hydrogens (primary N) is 1. The van der Waals surface area contributed by atoms with Gasteiger partial charge in [0.15, 0.2) is 0 Å². The molecule has 2 aromatic rings. The average Bonchev–Trinajstić information content (AvgIpc) is 2.37. The molecule has 0 spiro atoms. The molecular formula is C13H13ClN2O2S. The molecule has 0 aliphatic rings. The summed E-state index contributed by atoms with van der Waals surface area (Å²) in [5.41, 5.74) is 6.83. The minimum absolute atomic E-state index is 0.0271. The predicted molar refractivity (Wildman–Crippen MR) is 76.3 cm³/mol. The van der Waals surface area contributed by atoms with Gasteiger partial charge in [0.1, 0.15) is 4.90 Å². The SMILES string of the molecule is Nc1ccc(S(=O)(=O)NCc2ccccc2)c(Cl)c1. The minimum Gasteiger partial charge on any atom is -0.399 e. The smallest absolute Gasteiger partial charge is 0.242 e. The molecule has 0 saturated heterocycles. The zero-order valence-corrected chi connectivity index (χ0v) is 11.6. The number of benzene rings is 2. The van der Waals surface area contributed by atoms with Crippen molar-refractivity contribution in [3.05, 3.63) is 59.1 Å². The minimum atomic E-state index is -3.64. The fraction of sp³-hybridized carbons (Fsp3) is 0.0769. The number of halogens is 1. The molecule has 2 rings (SSSR count). The summed E-state index contributed by atoms with van der Waals surface area (Å²) in [5, 5.41) is 0.112. The molecule has 0 aliphatic carbocycles. The van der Waals surface area contributed by atoms with E-state index in [0.717, 1.165) is 5.56 Å². The topological polar surface area (TPSA) is 72.2 Å². The number of anilines is 1. The number of sulfonamides is 1. The quantitative estimate of drug-likeness (QED) is 0.851. The summed E-state index contributed by atoms with van der Waals surface area (Å²) in [5.74, 6) is 0. The standard InChI is InChI=1S/C13H13ClN2O2S/c14-12-8-11(15)6-7-13(12)19(17,18)16-9-10-4-2-1-3-5-10/h1-8,16H,9,15H2. The Hall–Kier alpha value is -1.56. The summed E-state index contributed by atoms with van der Waals surface area (Å²) < 4.78 is 26.7. The van der Waals surface area contributed by atoms with Crippen LogP contribution in [0.4, 0.5) is 5.69 Å². The molecule has 4 nitrogen and oxygen atoms in total. The van der Waals surface area contributed by atoms with Gasteiger partial charge in [-0.1, -0.05) is 41.9 Å². The molecule has 2 aromatic carbocycles. The lowest BCUT2D eigenvalue weighted by molar-refractivity contribution is 0.581. The van der Waals surface area contributed by atoms with Crippen LogP contribution in [0.25, 0.3) is 0 Å². The number of rotatable bonds is 4. The molecule has 6 heteroatoms. The lowest BCUT2D eigenvalue weighted by Crippen LogP contribution is -2.23. The van der Waals surface area contributed by atoms with E-state index in [1.165, 1.54) is 18.2 Å². The van der Waals surface area contributed by atoms with Crippen molar-refractivity contribution in [1.82, 2.24) is 4.72 Å². The summed E-state index contributed by atoms with van der Waals surface area (Å²) in [6, 6.07) is 13.6. The van der Waals surface area contributed by atoms with Gasteiger partial charge in [-0.05, 0) is 23.8 Å². The Bertz CT molecular complexity index is 672. The molecule has 3 N–H and O–H groups in total. The first-order chi connectivity index (χ1) is 8.99. The Kier molecular flexibility index (Phi) is 4.09. The van der Waals surface area contributed by atoms with Crippen molar-refractivity contribution in [2.24, 2.45) is 0 Å². The van der Waals surface area contributed by atoms with Crippen LogP contribution in [0.15, 0.2) is 53.4 Å². The van der Waals surface area contributed by atoms with Gasteiger partial charge in [0.05, 0.1) is 5.02 Å². The molecule has 0 aromatic heterocycles. The second kappa shape index (κ2) is 5.61. The van der Waals surface area contributed by atoms with Gasteiger partial charge in [-0.2, -0.15) is 0 Å². The maximum Gasteiger partial charge on any atom is 0.242 e. The molecule has 0 radical (unpaired) electrons. The highest BCUT2D eigenvalue weighted by Crippen LogP contribution is 2.23. The van der Waals surface area contributed by atoms with Crippen molar-refractivity contribution in [2.75, 3.05) is 5.73 Å². The highest BCUT2D eigenvalue weighted by atomic mass is 35.5. The van der Waals surface area contributed by atoms with Crippen molar-refractivity contribution < 1.29 is 8.42 Å². The fourth-order valence-electron chi connectivity index (χ4n) is 1.59. The van der Waals surface area contributed by atoms with Gasteiger partial charge >= 0.3 is 0 Å². The number of nitrogens with one attached hydrogen (secondary N) is 1. The van der Waals surface area contributed by atoms with E-state index in [1.54, 1.807) is 0 Å². The Morgan fingerprint density at radius 3 is 2.42 bits per heavy atom. The zero-order chi connectivity index (χ0) is 13.9. The number of hydrogen-bond acceptors (Lipinski definition) is 3. The van der Waals surface area contributed by atoms with E-state index >= 15 is 0 Å². The lowest BCUT2D eigenvalue weighted by Gasteiger charge is -2.08. The second-order valence-corrected chi connectivity index (χ2v) is 6.14. The van der Waals surface area contributed by atoms with Gasteiger partial charge < -0.3 is 5.73 Å². The molecule has 0 aliphatic heterocycles. The lowest BCUT2D eigenvalue weighted by atomic mass is 10.2. The highest BCUT2D eigenvalue weighted by Gasteiger charge is 2.17. The third kappa shape index (κ3) is 3.47. The van der Waals surface area contributed by atoms with E-state index < -0.39 is 10.0 Å². The summed E-state index contributed by atoms with van der Waals surface area (Å²) >= 11 is 5.90. The van der Waals surface area contributed by atoms with Gasteiger partial charge in [0, 0.05) is 12.2 Å². The van der Waals surface area contributed by atoms with Gasteiger partial charge in [-0.25, -0.2) is 13.1 Å². The third-order valence-corrected chi connectivity index (χ3v) is 4.44. The van der Waals surface area contributed by atoms with Crippen LogP contribution in [-0.2, 0) is 16.6 Å². The van der Waals surface area contributed by atoms with Crippen LogP contribution in [-0.4, -0.2) is 8.42 Å². The van der Waals surface area contributed by atoms with Crippen LogP contribution in [0.5, 0.6) is 0 Å². The molecule has 0 atom stereocenters. The van der Waals surface area contributed by atoms with E-state index in [9.17, 15) is 8.42 Å². The first-order valence-electron chi connectivity index (χ1n) is 5.58. The number of hydrogen-bond donors (Lipinski definition) is 2. The summed E-state index contributed by atoms with van der Waals surface area (Å²) in [4.78, 5) is 0.0271. The maximum absolute atomic E-state index is 12.1. The number of nitrogen functional groups attached to an aromatic ring is 1. The molecule has 0 saturated carbocycles. The van der Waals surface area contributed by atoms with E-state index in [1.807, 2.05) is 30.3 Å². The fourth-order valence-corrected chi connectivity index (χ4v) is 3.16. The van der Waals surface area contributed by atoms with E-state index in [-0.39, 0.29) is 16.5 Å². The Labute approximate surface area is 117 Å². The van der Waals surface area contributed by atoms with E-state index in [0.29, 0.717) is 5.69 Å². The summed E-state index contributed by atoms with van der Waals surface area (Å²) in [6.45, 7) is 0.212. The van der Waals surface area contributed by atoms with E-state index in [4.69, 9.17) is 17.3 Å². The third-order valence-electron chi connectivity index (χ3n) is 2.55. The Morgan fingerprint density at radius 2 is 1.79 bits per heavy atom. The van der Waals surface area contributed by atoms with Crippen LogP contribution < -0.4 is 10.5 Å². The van der Waals surface area contributed by atoms with Crippen LogP contribution in [0.3, 0.4) is 0 Å². The maximum atomic E-state index is 12.1. The molecule has 0 fully saturated rings. The molecule has 100 valence electrons. The molecule has 19 heavy (non-hydrogen) atoms. The van der Waals surface area contributed by atoms with Gasteiger partial charge in [-0.3, -0.25) is 0 Å². The molecule has 0 unspecified atom stereocenters. The monoisotopic (exact) mass is 296 g/mol. The predicted octanol–water partition coefficient (Wildman–Crippen LogP) is 2.40. The first kappa shape index (κ1) is 13.9. The zero-order valence-electron chi connectivity index (χ0n) is 10.0. The Balaban J connectivity index is 2.19. The normalized spacial score (nSPS) is 11.4. The van der Waals surface area contributed by atoms with Crippen LogP contribution in [0.2, 0.25) is 5.02 Å². The van der Waals surface area contributed by atoms with Crippen molar-refractivity contribution in [3.8, 4) is 0 Å². The van der Waals surface area contributed by atoms with Crippen molar-refractivity contribution in [2.45, 2.75) is 11.4 Å². The molecular weight excluding hydrogens is 284 g/mol. The molecule has 0 heterocycles. The van der Waals surface area contributed by atoms with Crippen molar-refractivity contribution in [1.29, 1.82) is 0 Å². The first-order valence-corrected chi connectivity index (χ1v) is 7.44. The average molecular weight is 297 g/mol. The largest absolute Gasteiger partial charge is 0.399 e. The highest BCUT2D eigenvalue weighted by molar-refractivity contribution is 7.89. The van der Waals surface area contributed by atoms with Crippen LogP contribution >= 0.6 is 11.6 Å². The van der Waals surface area contributed by atoms with Gasteiger partial charge in [0.2, 0.25) is 10.0 Å². The van der Waals surface area contributed by atoms with Crippen LogP contribution in [0, 0.1) is 0 Å². The van der Waals surface area contributed by atoms with Crippen molar-refractivity contribution >= 4 is 27.3 Å². The van der Waals surface area contributed by atoms with Gasteiger partial charge in [0.25, 0.3) is 0 Å². The Morgan fingerprint density at radius 1 is 1.11 bits per heavy atom. The second-order valence-electron chi connectivity index (χ2n) is 4.00.